The Hall–Kier alpha value is -4.80. The molecular formula is C37H41ClF4N8O4. The minimum absolute atomic E-state index is 0.0134. The van der Waals surface area contributed by atoms with Crippen LogP contribution >= 0.6 is 11.6 Å². The van der Waals surface area contributed by atoms with Crippen LogP contribution in [-0.2, 0) is 23.1 Å². The fourth-order valence-corrected chi connectivity index (χ4v) is 7.27. The van der Waals surface area contributed by atoms with E-state index in [-0.39, 0.29) is 63.2 Å². The van der Waals surface area contributed by atoms with Crippen LogP contribution in [0.3, 0.4) is 0 Å². The number of piperidine rings is 1. The molecule has 4 aromatic rings. The van der Waals surface area contributed by atoms with Crippen LogP contribution < -0.4 is 5.32 Å². The molecule has 3 amide bonds. The van der Waals surface area contributed by atoms with E-state index in [0.29, 0.717) is 76.5 Å². The van der Waals surface area contributed by atoms with Crippen molar-refractivity contribution in [2.24, 2.45) is 13.0 Å². The number of nitrogens with one attached hydrogen (secondary N) is 1. The number of hydrogen-bond acceptors (Lipinski definition) is 7. The van der Waals surface area contributed by atoms with Crippen LogP contribution in [0.2, 0.25) is 5.02 Å². The van der Waals surface area contributed by atoms with Gasteiger partial charge in [-0.15, -0.1) is 0 Å². The summed E-state index contributed by atoms with van der Waals surface area (Å²) < 4.78 is 64.5. The molecule has 0 bridgehead atoms. The summed E-state index contributed by atoms with van der Waals surface area (Å²) in [6, 6.07) is 7.34. The van der Waals surface area contributed by atoms with Crippen molar-refractivity contribution in [1.82, 2.24) is 34.0 Å². The molecule has 17 heteroatoms. The molecule has 288 valence electrons. The Kier molecular flexibility index (Phi) is 12.0. The van der Waals surface area contributed by atoms with Crippen molar-refractivity contribution in [2.45, 2.75) is 32.7 Å². The standard InChI is InChI=1S/C37H41ClF4N8O4/c1-22-28(19-44-50(22)16-17-54-3)25-6-7-27(33(42)32(25)41)30-20-43-34(46(30)2)35(51)45-24-4-5-26(29(38)18-24)37(53)49-14-12-48(13-15-49)36(52)23-8-10-47(11-9-23)21-31(39)40/h4-7,18-20,23,31H,8-17,21H2,1-3H3,(H,45,51). The molecule has 4 heterocycles. The van der Waals surface area contributed by atoms with E-state index >= 15 is 8.78 Å². The number of halogens is 5. The monoisotopic (exact) mass is 772 g/mol. The Labute approximate surface area is 314 Å². The number of nitrogens with zero attached hydrogens (tertiary/aromatic N) is 7. The second kappa shape index (κ2) is 16.7. The van der Waals surface area contributed by atoms with Crippen LogP contribution in [0.1, 0.15) is 39.5 Å². The van der Waals surface area contributed by atoms with Crippen LogP contribution in [-0.4, -0.2) is 118 Å². The Morgan fingerprint density at radius 3 is 2.28 bits per heavy atom. The van der Waals surface area contributed by atoms with Gasteiger partial charge in [0.15, 0.2) is 17.5 Å². The van der Waals surface area contributed by atoms with E-state index in [1.807, 2.05) is 0 Å². The normalized spacial score (nSPS) is 15.6. The van der Waals surface area contributed by atoms with Crippen molar-refractivity contribution >= 4 is 35.0 Å². The van der Waals surface area contributed by atoms with Crippen molar-refractivity contribution < 1.29 is 36.7 Å². The molecular weight excluding hydrogens is 732 g/mol. The number of likely N-dealkylation sites (tertiary alicyclic amines) is 1. The molecule has 12 nitrogen and oxygen atoms in total. The lowest BCUT2D eigenvalue weighted by Gasteiger charge is -2.38. The number of hydrogen-bond donors (Lipinski definition) is 1. The van der Waals surface area contributed by atoms with Gasteiger partial charge in [-0.3, -0.25) is 24.0 Å². The third-order valence-electron chi connectivity index (χ3n) is 10.1. The molecule has 0 radical (unpaired) electrons. The second-order valence-corrected chi connectivity index (χ2v) is 13.8. The Bertz CT molecular complexity index is 2020. The van der Waals surface area contributed by atoms with E-state index in [1.54, 1.807) is 33.4 Å². The van der Waals surface area contributed by atoms with Gasteiger partial charge in [0.2, 0.25) is 5.91 Å². The average Bonchev–Trinajstić information content (AvgIpc) is 3.72. The number of amides is 3. The Morgan fingerprint density at radius 1 is 0.944 bits per heavy atom. The van der Waals surface area contributed by atoms with Gasteiger partial charge < -0.3 is 24.4 Å². The first-order valence-corrected chi connectivity index (χ1v) is 18.0. The van der Waals surface area contributed by atoms with Crippen LogP contribution in [0.25, 0.3) is 22.4 Å². The first-order chi connectivity index (χ1) is 25.9. The van der Waals surface area contributed by atoms with Gasteiger partial charge >= 0.3 is 0 Å². The highest BCUT2D eigenvalue weighted by molar-refractivity contribution is 6.34. The van der Waals surface area contributed by atoms with Gasteiger partial charge in [0.05, 0.1) is 48.4 Å². The summed E-state index contributed by atoms with van der Waals surface area (Å²) in [7, 11) is 3.07. The maximum absolute atomic E-state index is 15.5. The molecule has 2 aliphatic rings. The number of piperazine rings is 1. The number of methoxy groups -OCH3 is 1. The molecule has 0 atom stereocenters. The number of aromatic nitrogens is 4. The van der Waals surface area contributed by atoms with Crippen molar-refractivity contribution in [3.8, 4) is 22.4 Å². The predicted octanol–water partition coefficient (Wildman–Crippen LogP) is 5.35. The lowest BCUT2D eigenvalue weighted by atomic mass is 9.95. The Morgan fingerprint density at radius 2 is 1.61 bits per heavy atom. The maximum atomic E-state index is 15.5. The number of carbonyl (C=O) groups excluding carboxylic acids is 3. The van der Waals surface area contributed by atoms with E-state index in [1.165, 1.54) is 54.3 Å². The summed E-state index contributed by atoms with van der Waals surface area (Å²) in [4.78, 5) is 48.9. The summed E-state index contributed by atoms with van der Waals surface area (Å²) >= 11 is 6.51. The summed E-state index contributed by atoms with van der Waals surface area (Å²) in [5.74, 6) is -3.43. The zero-order valence-electron chi connectivity index (χ0n) is 30.1. The van der Waals surface area contributed by atoms with Crippen molar-refractivity contribution in [2.75, 3.05) is 64.8 Å². The van der Waals surface area contributed by atoms with Gasteiger partial charge in [-0.1, -0.05) is 17.7 Å². The SMILES string of the molecule is COCCn1ncc(-c2ccc(-c3cnc(C(=O)Nc4ccc(C(=O)N5CCN(C(=O)C6CCN(CC(F)F)CC6)CC5)c(Cl)c4)n3C)c(F)c2F)c1C. The fraction of sp³-hybridized carbons (Fsp3) is 0.432. The van der Waals surface area contributed by atoms with Gasteiger partial charge in [0.1, 0.15) is 0 Å². The van der Waals surface area contributed by atoms with Gasteiger partial charge in [-0.25, -0.2) is 22.5 Å². The number of alkyl halides is 2. The lowest BCUT2D eigenvalue weighted by Crippen LogP contribution is -2.53. The number of benzene rings is 2. The third-order valence-corrected chi connectivity index (χ3v) is 10.4. The molecule has 0 saturated carbocycles. The largest absolute Gasteiger partial charge is 0.383 e. The van der Waals surface area contributed by atoms with Crippen molar-refractivity contribution in [3.63, 3.8) is 0 Å². The van der Waals surface area contributed by atoms with Crippen molar-refractivity contribution in [3.05, 3.63) is 76.5 Å². The van der Waals surface area contributed by atoms with E-state index in [0.717, 1.165) is 0 Å². The third kappa shape index (κ3) is 8.15. The number of ether oxygens (including phenoxy) is 1. The Balaban J connectivity index is 1.06. The molecule has 0 spiro atoms. The highest BCUT2D eigenvalue weighted by Gasteiger charge is 2.32. The fourth-order valence-electron chi connectivity index (χ4n) is 7.01. The highest BCUT2D eigenvalue weighted by atomic mass is 35.5. The zero-order chi connectivity index (χ0) is 38.7. The molecule has 2 aliphatic heterocycles. The summed E-state index contributed by atoms with van der Waals surface area (Å²) in [5, 5.41) is 7.05. The minimum Gasteiger partial charge on any atom is -0.383 e. The smallest absolute Gasteiger partial charge is 0.291 e. The van der Waals surface area contributed by atoms with E-state index < -0.39 is 24.0 Å². The van der Waals surface area contributed by atoms with Crippen LogP contribution in [0.4, 0.5) is 23.2 Å². The summed E-state index contributed by atoms with van der Waals surface area (Å²) in [6.07, 6.45) is 1.42. The van der Waals surface area contributed by atoms with Gasteiger partial charge in [0.25, 0.3) is 18.2 Å². The number of anilines is 1. The molecule has 1 N–H and O–H groups in total. The maximum Gasteiger partial charge on any atom is 0.291 e. The zero-order valence-corrected chi connectivity index (χ0v) is 30.9. The first kappa shape index (κ1) is 38.9. The topological polar surface area (TPSA) is 118 Å². The van der Waals surface area contributed by atoms with Gasteiger partial charge in [-0.05, 0) is 57.1 Å². The van der Waals surface area contributed by atoms with Crippen LogP contribution in [0.15, 0.2) is 42.7 Å². The summed E-state index contributed by atoms with van der Waals surface area (Å²) in [5.41, 5.74) is 1.74. The van der Waals surface area contributed by atoms with Crippen LogP contribution in [0.5, 0.6) is 0 Å². The van der Waals surface area contributed by atoms with Gasteiger partial charge in [0, 0.05) is 74.3 Å². The predicted molar refractivity (Wildman–Crippen MR) is 193 cm³/mol. The number of carbonyl (C=O) groups is 3. The molecule has 54 heavy (non-hydrogen) atoms. The lowest BCUT2D eigenvalue weighted by molar-refractivity contribution is -0.138. The molecule has 2 aromatic carbocycles. The number of imidazole rings is 1. The quantitative estimate of drug-likeness (QED) is 0.205. The van der Waals surface area contributed by atoms with Crippen molar-refractivity contribution in [1.29, 1.82) is 0 Å². The van der Waals surface area contributed by atoms with E-state index in [2.05, 4.69) is 15.4 Å². The molecule has 2 saturated heterocycles. The van der Waals surface area contributed by atoms with E-state index in [9.17, 15) is 23.2 Å². The highest BCUT2D eigenvalue weighted by Crippen LogP contribution is 2.33. The second-order valence-electron chi connectivity index (χ2n) is 13.4. The first-order valence-electron chi connectivity index (χ1n) is 17.6. The number of rotatable bonds is 11. The van der Waals surface area contributed by atoms with Gasteiger partial charge in [-0.2, -0.15) is 5.10 Å². The van der Waals surface area contributed by atoms with E-state index in [4.69, 9.17) is 16.3 Å². The minimum atomic E-state index is -2.40. The molecule has 2 fully saturated rings. The summed E-state index contributed by atoms with van der Waals surface area (Å²) in [6.45, 7) is 4.56. The molecule has 0 aliphatic carbocycles. The molecule has 2 aromatic heterocycles. The van der Waals surface area contributed by atoms with Crippen LogP contribution in [0, 0.1) is 24.5 Å². The average molecular weight is 773 g/mol. The molecule has 0 unspecified atom stereocenters. The molecule has 6 rings (SSSR count).